The summed E-state index contributed by atoms with van der Waals surface area (Å²) in [6, 6.07) is 13.8. The monoisotopic (exact) mass is 401 g/mol. The van der Waals surface area contributed by atoms with Gasteiger partial charge in [0.15, 0.2) is 0 Å². The zero-order valence-electron chi connectivity index (χ0n) is 15.1. The van der Waals surface area contributed by atoms with Crippen molar-refractivity contribution in [1.82, 2.24) is 0 Å². The van der Waals surface area contributed by atoms with E-state index >= 15 is 0 Å². The van der Waals surface area contributed by atoms with Crippen LogP contribution in [0, 0.1) is 5.92 Å². The molecule has 0 saturated carbocycles. The Kier molecular flexibility index (Phi) is 6.16. The van der Waals surface area contributed by atoms with Gasteiger partial charge < -0.3 is 20.7 Å². The van der Waals surface area contributed by atoms with Crippen LogP contribution in [0.5, 0.6) is 5.75 Å². The number of benzene rings is 2. The van der Waals surface area contributed by atoms with E-state index in [0.717, 1.165) is 0 Å². The summed E-state index contributed by atoms with van der Waals surface area (Å²) in [4.78, 5) is 37.1. The lowest BCUT2D eigenvalue weighted by molar-refractivity contribution is -0.122. The van der Waals surface area contributed by atoms with Crippen molar-refractivity contribution >= 4 is 40.7 Å². The number of carbonyl (C=O) groups excluding carboxylic acids is 3. The van der Waals surface area contributed by atoms with Crippen LogP contribution in [-0.4, -0.2) is 30.9 Å². The van der Waals surface area contributed by atoms with Gasteiger partial charge in [0, 0.05) is 29.4 Å². The molecular weight excluding hydrogens is 382 g/mol. The molecule has 1 atom stereocenters. The molecule has 0 aliphatic carbocycles. The maximum absolute atomic E-state index is 12.5. The van der Waals surface area contributed by atoms with E-state index < -0.39 is 11.8 Å². The van der Waals surface area contributed by atoms with Gasteiger partial charge in [-0.1, -0.05) is 17.7 Å². The lowest BCUT2D eigenvalue weighted by Crippen LogP contribution is -2.28. The molecule has 0 radical (unpaired) electrons. The van der Waals surface area contributed by atoms with E-state index in [4.69, 9.17) is 22.1 Å². The van der Waals surface area contributed by atoms with E-state index in [9.17, 15) is 14.4 Å². The molecule has 1 saturated heterocycles. The van der Waals surface area contributed by atoms with Crippen LogP contribution in [0.25, 0.3) is 0 Å². The number of ether oxygens (including phenoxy) is 1. The van der Waals surface area contributed by atoms with Crippen molar-refractivity contribution in [3.05, 3.63) is 53.6 Å². The first-order valence-electron chi connectivity index (χ1n) is 8.80. The average molecular weight is 402 g/mol. The molecule has 28 heavy (non-hydrogen) atoms. The minimum atomic E-state index is -0.446. The Morgan fingerprint density at radius 3 is 2.64 bits per heavy atom. The second-order valence-electron chi connectivity index (χ2n) is 6.46. The predicted molar refractivity (Wildman–Crippen MR) is 106 cm³/mol. The summed E-state index contributed by atoms with van der Waals surface area (Å²) in [7, 11) is 0. The Hall–Kier alpha value is -3.06. The number of nitrogens with zero attached hydrogens (tertiary/aromatic N) is 1. The first-order chi connectivity index (χ1) is 13.4. The lowest BCUT2D eigenvalue weighted by Gasteiger charge is -2.17. The fourth-order valence-corrected chi connectivity index (χ4v) is 3.11. The van der Waals surface area contributed by atoms with Crippen LogP contribution >= 0.6 is 11.6 Å². The molecule has 0 bridgehead atoms. The van der Waals surface area contributed by atoms with Gasteiger partial charge in [0.05, 0.1) is 18.9 Å². The molecule has 7 nitrogen and oxygen atoms in total. The van der Waals surface area contributed by atoms with Gasteiger partial charge >= 0.3 is 0 Å². The minimum Gasteiger partial charge on any atom is -0.493 e. The number of anilines is 2. The van der Waals surface area contributed by atoms with Crippen LogP contribution in [0.3, 0.4) is 0 Å². The maximum Gasteiger partial charge on any atom is 0.229 e. The zero-order chi connectivity index (χ0) is 20.1. The summed E-state index contributed by atoms with van der Waals surface area (Å²) < 4.78 is 5.39. The number of hydrogen-bond acceptors (Lipinski definition) is 4. The Bertz CT molecular complexity index is 885. The standard InChI is InChI=1S/C20H20ClN3O4/c21-14-2-1-3-16(11-14)24-12-13(10-19(24)26)20(27)23-15-4-6-17(7-5-15)28-9-8-18(22)25/h1-7,11,13H,8-10,12H2,(H2,22,25)(H,23,27)/t13-/m0/s1. The summed E-state index contributed by atoms with van der Waals surface area (Å²) in [6.07, 6.45) is 0.282. The second-order valence-corrected chi connectivity index (χ2v) is 6.90. The first-order valence-corrected chi connectivity index (χ1v) is 9.18. The summed E-state index contributed by atoms with van der Waals surface area (Å²) in [5.41, 5.74) is 6.34. The first kappa shape index (κ1) is 19.7. The van der Waals surface area contributed by atoms with Crippen LogP contribution in [0.1, 0.15) is 12.8 Å². The fourth-order valence-electron chi connectivity index (χ4n) is 2.93. The average Bonchev–Trinajstić information content (AvgIpc) is 3.05. The molecule has 0 spiro atoms. The van der Waals surface area contributed by atoms with Gasteiger partial charge in [0.2, 0.25) is 17.7 Å². The third-order valence-corrected chi connectivity index (χ3v) is 4.59. The largest absolute Gasteiger partial charge is 0.493 e. The highest BCUT2D eigenvalue weighted by Crippen LogP contribution is 2.28. The molecule has 2 aromatic rings. The maximum atomic E-state index is 12.5. The predicted octanol–water partition coefficient (Wildman–Crippen LogP) is 2.59. The number of primary amides is 1. The molecular formula is C20H20ClN3O4. The van der Waals surface area contributed by atoms with E-state index in [-0.39, 0.29) is 31.3 Å². The molecule has 0 unspecified atom stereocenters. The van der Waals surface area contributed by atoms with Crippen molar-refractivity contribution in [1.29, 1.82) is 0 Å². The molecule has 2 aromatic carbocycles. The topological polar surface area (TPSA) is 102 Å². The van der Waals surface area contributed by atoms with Crippen molar-refractivity contribution in [3.8, 4) is 5.75 Å². The smallest absolute Gasteiger partial charge is 0.229 e. The van der Waals surface area contributed by atoms with Crippen LogP contribution in [0.15, 0.2) is 48.5 Å². The zero-order valence-corrected chi connectivity index (χ0v) is 15.8. The number of amides is 3. The lowest BCUT2D eigenvalue weighted by atomic mass is 10.1. The van der Waals surface area contributed by atoms with Gasteiger partial charge in [0.1, 0.15) is 5.75 Å². The Morgan fingerprint density at radius 1 is 1.21 bits per heavy atom. The van der Waals surface area contributed by atoms with Gasteiger partial charge in [-0.3, -0.25) is 14.4 Å². The molecule has 146 valence electrons. The normalized spacial score (nSPS) is 16.1. The van der Waals surface area contributed by atoms with Crippen LogP contribution in [0.4, 0.5) is 11.4 Å². The van der Waals surface area contributed by atoms with E-state index in [0.29, 0.717) is 28.7 Å². The fraction of sp³-hybridized carbons (Fsp3) is 0.250. The Balaban J connectivity index is 1.56. The van der Waals surface area contributed by atoms with Crippen molar-refractivity contribution in [2.24, 2.45) is 11.7 Å². The summed E-state index contributed by atoms with van der Waals surface area (Å²) >= 11 is 5.99. The van der Waals surface area contributed by atoms with Crippen molar-refractivity contribution in [2.45, 2.75) is 12.8 Å². The summed E-state index contributed by atoms with van der Waals surface area (Å²) in [5, 5.41) is 3.35. The highest BCUT2D eigenvalue weighted by molar-refractivity contribution is 6.31. The van der Waals surface area contributed by atoms with Crippen molar-refractivity contribution in [2.75, 3.05) is 23.4 Å². The third-order valence-electron chi connectivity index (χ3n) is 4.35. The number of nitrogens with two attached hydrogens (primary N) is 1. The molecule has 8 heteroatoms. The van der Waals surface area contributed by atoms with E-state index in [1.54, 1.807) is 53.4 Å². The number of nitrogens with one attached hydrogen (secondary N) is 1. The number of carbonyl (C=O) groups is 3. The third kappa shape index (κ3) is 5.01. The molecule has 3 rings (SSSR count). The quantitative estimate of drug-likeness (QED) is 0.744. The number of rotatable bonds is 7. The molecule has 3 N–H and O–H groups in total. The van der Waals surface area contributed by atoms with E-state index in [1.165, 1.54) is 0 Å². The SMILES string of the molecule is NC(=O)CCOc1ccc(NC(=O)[C@H]2CC(=O)N(c3cccc(Cl)c3)C2)cc1. The van der Waals surface area contributed by atoms with Crippen LogP contribution in [-0.2, 0) is 14.4 Å². The number of hydrogen-bond donors (Lipinski definition) is 2. The van der Waals surface area contributed by atoms with Gasteiger partial charge in [-0.05, 0) is 42.5 Å². The minimum absolute atomic E-state index is 0.111. The molecule has 1 heterocycles. The van der Waals surface area contributed by atoms with Crippen LogP contribution in [0.2, 0.25) is 5.02 Å². The van der Waals surface area contributed by atoms with Gasteiger partial charge in [-0.25, -0.2) is 0 Å². The molecule has 1 aliphatic rings. The van der Waals surface area contributed by atoms with E-state index in [1.807, 2.05) is 0 Å². The second kappa shape index (κ2) is 8.75. The van der Waals surface area contributed by atoms with Crippen molar-refractivity contribution in [3.63, 3.8) is 0 Å². The summed E-state index contributed by atoms with van der Waals surface area (Å²) in [5.74, 6) is -0.636. The van der Waals surface area contributed by atoms with Crippen molar-refractivity contribution < 1.29 is 19.1 Å². The number of halogens is 1. The van der Waals surface area contributed by atoms with Gasteiger partial charge in [0.25, 0.3) is 0 Å². The molecule has 3 amide bonds. The highest BCUT2D eigenvalue weighted by Gasteiger charge is 2.35. The Morgan fingerprint density at radius 2 is 1.96 bits per heavy atom. The molecule has 1 aliphatic heterocycles. The Labute approximate surface area is 167 Å². The summed E-state index contributed by atoms with van der Waals surface area (Å²) in [6.45, 7) is 0.504. The van der Waals surface area contributed by atoms with Crippen LogP contribution < -0.4 is 20.7 Å². The van der Waals surface area contributed by atoms with E-state index in [2.05, 4.69) is 5.32 Å². The van der Waals surface area contributed by atoms with Gasteiger partial charge in [-0.15, -0.1) is 0 Å². The van der Waals surface area contributed by atoms with Gasteiger partial charge in [-0.2, -0.15) is 0 Å². The highest BCUT2D eigenvalue weighted by atomic mass is 35.5. The molecule has 1 fully saturated rings. The molecule has 0 aromatic heterocycles.